The van der Waals surface area contributed by atoms with Crippen molar-refractivity contribution >= 4 is 0 Å². The van der Waals surface area contributed by atoms with Crippen molar-refractivity contribution in [1.29, 1.82) is 0 Å². The van der Waals surface area contributed by atoms with Crippen molar-refractivity contribution in [3.05, 3.63) is 0 Å². The first kappa shape index (κ1) is 28.6. The van der Waals surface area contributed by atoms with Crippen molar-refractivity contribution in [2.75, 3.05) is 0 Å². The van der Waals surface area contributed by atoms with Gasteiger partial charge in [0.05, 0.1) is 0 Å². The van der Waals surface area contributed by atoms with Crippen molar-refractivity contribution in [3.8, 4) is 11.8 Å². The summed E-state index contributed by atoms with van der Waals surface area (Å²) in [5, 5.41) is 0. The van der Waals surface area contributed by atoms with Crippen LogP contribution in [0.15, 0.2) is 0 Å². The highest BCUT2D eigenvalue weighted by Crippen LogP contribution is 2.21. The van der Waals surface area contributed by atoms with Crippen LogP contribution in [0.1, 0.15) is 168 Å². The highest BCUT2D eigenvalue weighted by atomic mass is 14.1. The third kappa shape index (κ3) is 23.7. The van der Waals surface area contributed by atoms with E-state index < -0.39 is 0 Å². The second-order valence-electron chi connectivity index (χ2n) is 9.32. The summed E-state index contributed by atoms with van der Waals surface area (Å²) < 4.78 is 0. The van der Waals surface area contributed by atoms with E-state index in [0.717, 1.165) is 18.8 Å². The quantitative estimate of drug-likeness (QED) is 0.124. The van der Waals surface area contributed by atoms with Crippen LogP contribution in [-0.4, -0.2) is 0 Å². The molecule has 0 heteroatoms. The topological polar surface area (TPSA) is 0 Å². The largest absolute Gasteiger partial charge is 0.104 e. The van der Waals surface area contributed by atoms with Crippen LogP contribution in [0.3, 0.4) is 0 Å². The predicted octanol–water partition coefficient (Wildman–Crippen LogP) is 10.6. The lowest BCUT2D eigenvalue weighted by atomic mass is 9.92. The minimum atomic E-state index is 0.973. The predicted molar refractivity (Wildman–Crippen MR) is 134 cm³/mol. The van der Waals surface area contributed by atoms with E-state index in [2.05, 4.69) is 32.6 Å². The Labute approximate surface area is 186 Å². The average Bonchev–Trinajstić information content (AvgIpc) is 2.74. The normalized spacial score (nSPS) is 12.0. The number of hydrogen-bond donors (Lipinski definition) is 0. The van der Waals surface area contributed by atoms with E-state index in [1.165, 1.54) is 135 Å². The molecule has 0 saturated heterocycles. The van der Waals surface area contributed by atoms with E-state index in [1.807, 2.05) is 0 Å². The first-order chi connectivity index (χ1) is 14.3. The van der Waals surface area contributed by atoms with Gasteiger partial charge in [-0.1, -0.05) is 149 Å². The van der Waals surface area contributed by atoms with Gasteiger partial charge in [-0.25, -0.2) is 0 Å². The lowest BCUT2D eigenvalue weighted by Crippen LogP contribution is -1.99. The standard InChI is InChI=1S/C29H56/c1-4-7-9-11-13-14-15-16-17-18-19-20-21-22-24-26-28-29(6-3)27-25-23-12-10-8-5-2/h29H,4-7,9,11-28H2,1-3H3. The fraction of sp³-hybridized carbons (Fsp3) is 0.931. The lowest BCUT2D eigenvalue weighted by Gasteiger charge is -2.14. The molecule has 0 aromatic carbocycles. The number of rotatable bonds is 22. The monoisotopic (exact) mass is 404 g/mol. The summed E-state index contributed by atoms with van der Waals surface area (Å²) in [6, 6.07) is 0. The van der Waals surface area contributed by atoms with Crippen molar-refractivity contribution in [1.82, 2.24) is 0 Å². The molecule has 0 aliphatic heterocycles. The van der Waals surface area contributed by atoms with E-state index in [4.69, 9.17) is 0 Å². The SMILES string of the molecule is CCC#CCCCCC(CC)CCCCCCCCCCCCCCCCCC. The Morgan fingerprint density at radius 3 is 1.28 bits per heavy atom. The lowest BCUT2D eigenvalue weighted by molar-refractivity contribution is 0.397. The summed E-state index contributed by atoms with van der Waals surface area (Å²) in [5.41, 5.74) is 0. The van der Waals surface area contributed by atoms with E-state index in [1.54, 1.807) is 0 Å². The molecule has 0 saturated carbocycles. The second-order valence-corrected chi connectivity index (χ2v) is 9.32. The fourth-order valence-corrected chi connectivity index (χ4v) is 4.39. The molecule has 29 heavy (non-hydrogen) atoms. The highest BCUT2D eigenvalue weighted by molar-refractivity contribution is 4.97. The third-order valence-corrected chi connectivity index (χ3v) is 6.51. The first-order valence-corrected chi connectivity index (χ1v) is 13.8. The zero-order valence-corrected chi connectivity index (χ0v) is 20.8. The summed E-state index contributed by atoms with van der Waals surface area (Å²) in [6.45, 7) is 6.82. The number of hydrogen-bond acceptors (Lipinski definition) is 0. The van der Waals surface area contributed by atoms with Crippen LogP contribution in [0.2, 0.25) is 0 Å². The molecule has 172 valence electrons. The molecule has 0 amide bonds. The maximum atomic E-state index is 3.28. The van der Waals surface area contributed by atoms with Gasteiger partial charge < -0.3 is 0 Å². The van der Waals surface area contributed by atoms with Gasteiger partial charge in [-0.05, 0) is 12.3 Å². The summed E-state index contributed by atoms with van der Waals surface area (Å²) in [7, 11) is 0. The van der Waals surface area contributed by atoms with Gasteiger partial charge in [0.1, 0.15) is 0 Å². The van der Waals surface area contributed by atoms with Crippen molar-refractivity contribution in [2.24, 2.45) is 5.92 Å². The van der Waals surface area contributed by atoms with Crippen LogP contribution >= 0.6 is 0 Å². The molecule has 0 bridgehead atoms. The van der Waals surface area contributed by atoms with E-state index >= 15 is 0 Å². The maximum Gasteiger partial charge on any atom is 0.00886 e. The van der Waals surface area contributed by atoms with Gasteiger partial charge in [-0.15, -0.1) is 11.8 Å². The smallest absolute Gasteiger partial charge is 0.00886 e. The molecule has 1 atom stereocenters. The van der Waals surface area contributed by atoms with Gasteiger partial charge in [-0.3, -0.25) is 0 Å². The molecule has 1 unspecified atom stereocenters. The zero-order valence-electron chi connectivity index (χ0n) is 20.8. The summed E-state index contributed by atoms with van der Waals surface area (Å²) >= 11 is 0. The molecule has 0 rings (SSSR count). The highest BCUT2D eigenvalue weighted by Gasteiger charge is 2.05. The van der Waals surface area contributed by atoms with Gasteiger partial charge >= 0.3 is 0 Å². The van der Waals surface area contributed by atoms with Crippen LogP contribution < -0.4 is 0 Å². The van der Waals surface area contributed by atoms with E-state index in [9.17, 15) is 0 Å². The number of unbranched alkanes of at least 4 members (excludes halogenated alkanes) is 17. The van der Waals surface area contributed by atoms with Crippen molar-refractivity contribution in [3.63, 3.8) is 0 Å². The first-order valence-electron chi connectivity index (χ1n) is 13.8. The molecule has 0 aromatic heterocycles. The maximum absolute atomic E-state index is 3.28. The van der Waals surface area contributed by atoms with Gasteiger partial charge in [0, 0.05) is 12.8 Å². The molecule has 0 N–H and O–H groups in total. The molecule has 0 radical (unpaired) electrons. The molecule has 0 heterocycles. The molecule has 0 aromatic rings. The van der Waals surface area contributed by atoms with Gasteiger partial charge in [-0.2, -0.15) is 0 Å². The van der Waals surface area contributed by atoms with Gasteiger partial charge in [0.2, 0.25) is 0 Å². The Balaban J connectivity index is 3.25. The summed E-state index contributed by atoms with van der Waals surface area (Å²) in [6.07, 6.45) is 32.6. The van der Waals surface area contributed by atoms with Crippen LogP contribution in [0.25, 0.3) is 0 Å². The minimum Gasteiger partial charge on any atom is -0.104 e. The van der Waals surface area contributed by atoms with Crippen LogP contribution in [0.5, 0.6) is 0 Å². The zero-order chi connectivity index (χ0) is 21.3. The average molecular weight is 405 g/mol. The van der Waals surface area contributed by atoms with Crippen LogP contribution in [-0.2, 0) is 0 Å². The second kappa shape index (κ2) is 25.6. The molecular weight excluding hydrogens is 348 g/mol. The van der Waals surface area contributed by atoms with E-state index in [-0.39, 0.29) is 0 Å². The van der Waals surface area contributed by atoms with Crippen LogP contribution in [0.4, 0.5) is 0 Å². The fourth-order valence-electron chi connectivity index (χ4n) is 4.39. The molecule has 0 aliphatic rings. The molecular formula is C29H56. The minimum absolute atomic E-state index is 0.973. The molecule has 0 aliphatic carbocycles. The van der Waals surface area contributed by atoms with Gasteiger partial charge in [0.15, 0.2) is 0 Å². The summed E-state index contributed by atoms with van der Waals surface area (Å²) in [4.78, 5) is 0. The third-order valence-electron chi connectivity index (χ3n) is 6.51. The Morgan fingerprint density at radius 1 is 0.448 bits per heavy atom. The Morgan fingerprint density at radius 2 is 0.862 bits per heavy atom. The molecule has 0 spiro atoms. The Kier molecular flexibility index (Phi) is 25.2. The summed E-state index contributed by atoms with van der Waals surface area (Å²) in [5.74, 6) is 7.44. The van der Waals surface area contributed by atoms with Crippen molar-refractivity contribution in [2.45, 2.75) is 168 Å². The van der Waals surface area contributed by atoms with Gasteiger partial charge in [0.25, 0.3) is 0 Å². The molecule has 0 nitrogen and oxygen atoms in total. The van der Waals surface area contributed by atoms with E-state index in [0.29, 0.717) is 0 Å². The Hall–Kier alpha value is -0.440. The van der Waals surface area contributed by atoms with Crippen molar-refractivity contribution < 1.29 is 0 Å². The Bertz CT molecular complexity index is 345. The molecule has 0 fully saturated rings. The van der Waals surface area contributed by atoms with Crippen LogP contribution in [0, 0.1) is 17.8 Å².